The molecule has 0 saturated heterocycles. The predicted octanol–water partition coefficient (Wildman–Crippen LogP) is 3.65. The molecule has 1 aromatic heterocycles. The minimum atomic E-state index is -0.730. The van der Waals surface area contributed by atoms with Gasteiger partial charge in [-0.05, 0) is 37.1 Å². The van der Waals surface area contributed by atoms with Crippen LogP contribution in [0.2, 0.25) is 16.9 Å². The highest BCUT2D eigenvalue weighted by Crippen LogP contribution is 2.46. The third-order valence-corrected chi connectivity index (χ3v) is 4.57. The Morgan fingerprint density at radius 2 is 2.10 bits per heavy atom. The van der Waals surface area contributed by atoms with Crippen molar-refractivity contribution >= 4 is 35.9 Å². The summed E-state index contributed by atoms with van der Waals surface area (Å²) in [5.41, 5.74) is 3.66. The van der Waals surface area contributed by atoms with Gasteiger partial charge in [-0.2, -0.15) is 0 Å². The third-order valence-electron chi connectivity index (χ3n) is 3.80. The summed E-state index contributed by atoms with van der Waals surface area (Å²) >= 11 is 12.3. The first-order valence-electron chi connectivity index (χ1n) is 6.46. The van der Waals surface area contributed by atoms with Crippen LogP contribution in [-0.4, -0.2) is 24.1 Å². The maximum absolute atomic E-state index is 14.0. The van der Waals surface area contributed by atoms with E-state index in [1.54, 1.807) is 18.7 Å². The molecule has 1 aliphatic carbocycles. The van der Waals surface area contributed by atoms with Crippen molar-refractivity contribution < 1.29 is 9.41 Å². The Balaban J connectivity index is 2.26. The first-order chi connectivity index (χ1) is 9.90. The third kappa shape index (κ3) is 2.29. The van der Waals surface area contributed by atoms with E-state index in [9.17, 15) is 9.41 Å². The van der Waals surface area contributed by atoms with Crippen LogP contribution in [0, 0.1) is 5.82 Å². The number of nitrogens with zero attached hydrogens (tertiary/aromatic N) is 2. The molecule has 7 heteroatoms. The molecular formula is C14H12BCl2FN2O. The number of fused-ring (bicyclic) bond motifs is 3. The molecule has 0 unspecified atom stereocenters. The second-order valence-electron chi connectivity index (χ2n) is 5.11. The molecule has 0 saturated carbocycles. The van der Waals surface area contributed by atoms with Crippen LogP contribution in [0.1, 0.15) is 11.3 Å². The first-order valence-corrected chi connectivity index (χ1v) is 7.22. The zero-order valence-electron chi connectivity index (χ0n) is 11.5. The van der Waals surface area contributed by atoms with Crippen molar-refractivity contribution in [3.05, 3.63) is 45.4 Å². The number of benzene rings is 1. The Morgan fingerprint density at radius 1 is 1.38 bits per heavy atom. The molecule has 0 spiro atoms. The standard InChI is InChI=1S/C14H12BCl2FN2O/c1-15(21)20(2)12-4-7(18)3-9-8(12)5-11-13(9)14(17)10(16)6-19-11/h3-4,6,21H,5H2,1-2H3. The summed E-state index contributed by atoms with van der Waals surface area (Å²) in [6.07, 6.45) is 2.04. The van der Waals surface area contributed by atoms with Crippen LogP contribution in [-0.2, 0) is 6.42 Å². The van der Waals surface area contributed by atoms with E-state index >= 15 is 0 Å². The maximum Gasteiger partial charge on any atom is 0.409 e. The molecule has 1 aliphatic rings. The Labute approximate surface area is 132 Å². The maximum atomic E-state index is 14.0. The lowest BCUT2D eigenvalue weighted by Crippen LogP contribution is -2.33. The molecule has 2 aromatic rings. The minimum absolute atomic E-state index is 0.345. The van der Waals surface area contributed by atoms with Gasteiger partial charge in [0.1, 0.15) is 5.82 Å². The lowest BCUT2D eigenvalue weighted by Gasteiger charge is -2.23. The van der Waals surface area contributed by atoms with Gasteiger partial charge in [-0.1, -0.05) is 23.2 Å². The summed E-state index contributed by atoms with van der Waals surface area (Å²) in [6.45, 7) is 1.63. The molecule has 3 nitrogen and oxygen atoms in total. The summed E-state index contributed by atoms with van der Waals surface area (Å²) < 4.78 is 14.0. The van der Waals surface area contributed by atoms with Gasteiger partial charge >= 0.3 is 7.05 Å². The van der Waals surface area contributed by atoms with Gasteiger partial charge in [0.05, 0.1) is 15.7 Å². The lowest BCUT2D eigenvalue weighted by atomic mass is 9.84. The number of pyridine rings is 1. The Morgan fingerprint density at radius 3 is 2.76 bits per heavy atom. The van der Waals surface area contributed by atoms with Crippen molar-refractivity contribution in [1.82, 2.24) is 4.98 Å². The smallest absolute Gasteiger partial charge is 0.409 e. The van der Waals surface area contributed by atoms with Gasteiger partial charge in [0.15, 0.2) is 0 Å². The van der Waals surface area contributed by atoms with E-state index in [2.05, 4.69) is 4.98 Å². The van der Waals surface area contributed by atoms with Gasteiger partial charge in [0.2, 0.25) is 0 Å². The van der Waals surface area contributed by atoms with E-state index in [1.807, 2.05) is 0 Å². The molecule has 3 rings (SSSR count). The van der Waals surface area contributed by atoms with E-state index in [0.29, 0.717) is 33.3 Å². The normalized spacial score (nSPS) is 12.1. The Bertz CT molecular complexity index is 739. The fourth-order valence-corrected chi connectivity index (χ4v) is 3.03. The van der Waals surface area contributed by atoms with Crippen molar-refractivity contribution in [2.45, 2.75) is 13.2 Å². The topological polar surface area (TPSA) is 36.4 Å². The summed E-state index contributed by atoms with van der Waals surface area (Å²) in [5.74, 6) is -0.389. The van der Waals surface area contributed by atoms with Gasteiger partial charge in [0, 0.05) is 23.9 Å². The molecule has 0 amide bonds. The van der Waals surface area contributed by atoms with Crippen molar-refractivity contribution in [2.24, 2.45) is 0 Å². The van der Waals surface area contributed by atoms with Crippen LogP contribution >= 0.6 is 23.2 Å². The largest absolute Gasteiger partial charge is 0.432 e. The number of rotatable bonds is 2. The second-order valence-corrected chi connectivity index (χ2v) is 5.90. The first kappa shape index (κ1) is 14.6. The SMILES string of the molecule is CB(O)N(C)c1cc(F)cc2c1Cc1ncc(Cl)c(Cl)c1-2. The average Bonchev–Trinajstić information content (AvgIpc) is 2.80. The van der Waals surface area contributed by atoms with Gasteiger partial charge in [-0.3, -0.25) is 4.98 Å². The fraction of sp³-hybridized carbons (Fsp3) is 0.214. The van der Waals surface area contributed by atoms with Gasteiger partial charge in [-0.25, -0.2) is 4.39 Å². The van der Waals surface area contributed by atoms with E-state index in [4.69, 9.17) is 23.2 Å². The highest BCUT2D eigenvalue weighted by Gasteiger charge is 2.29. The molecule has 0 aliphatic heterocycles. The molecule has 21 heavy (non-hydrogen) atoms. The molecule has 108 valence electrons. The predicted molar refractivity (Wildman–Crippen MR) is 84.7 cm³/mol. The van der Waals surface area contributed by atoms with E-state index < -0.39 is 7.05 Å². The lowest BCUT2D eigenvalue weighted by molar-refractivity contribution is 0.574. The second kappa shape index (κ2) is 5.16. The van der Waals surface area contributed by atoms with Crippen LogP contribution in [0.25, 0.3) is 11.1 Å². The van der Waals surface area contributed by atoms with E-state index in [0.717, 1.165) is 11.3 Å². The molecule has 1 aromatic carbocycles. The highest BCUT2D eigenvalue weighted by atomic mass is 35.5. The molecule has 0 atom stereocenters. The van der Waals surface area contributed by atoms with Gasteiger partial charge in [0.25, 0.3) is 0 Å². The number of hydrogen-bond donors (Lipinski definition) is 1. The van der Waals surface area contributed by atoms with E-state index in [1.165, 1.54) is 18.3 Å². The Kier molecular flexibility index (Phi) is 3.60. The van der Waals surface area contributed by atoms with Crippen LogP contribution in [0.3, 0.4) is 0 Å². The number of aromatic nitrogens is 1. The number of hydrogen-bond acceptors (Lipinski definition) is 3. The van der Waals surface area contributed by atoms with Crippen LogP contribution in [0.4, 0.5) is 10.1 Å². The fourth-order valence-electron chi connectivity index (χ4n) is 2.62. The van der Waals surface area contributed by atoms with Crippen LogP contribution in [0.5, 0.6) is 0 Å². The van der Waals surface area contributed by atoms with Crippen molar-refractivity contribution in [3.8, 4) is 11.1 Å². The quantitative estimate of drug-likeness (QED) is 0.731. The Hall–Kier alpha value is -1.30. The monoisotopic (exact) mass is 324 g/mol. The summed E-state index contributed by atoms with van der Waals surface area (Å²) in [4.78, 5) is 5.90. The number of anilines is 1. The molecule has 0 fully saturated rings. The van der Waals surface area contributed by atoms with Gasteiger partial charge in [-0.15, -0.1) is 0 Å². The molecule has 1 N–H and O–H groups in total. The summed E-state index contributed by atoms with van der Waals surface area (Å²) in [6, 6.07) is 2.84. The summed E-state index contributed by atoms with van der Waals surface area (Å²) in [5, 5.41) is 10.5. The van der Waals surface area contributed by atoms with Gasteiger partial charge < -0.3 is 9.83 Å². The van der Waals surface area contributed by atoms with Crippen LogP contribution < -0.4 is 4.81 Å². The molecule has 1 heterocycles. The molecule has 0 bridgehead atoms. The van der Waals surface area contributed by atoms with Crippen molar-refractivity contribution in [2.75, 3.05) is 11.9 Å². The van der Waals surface area contributed by atoms with Crippen molar-refractivity contribution in [1.29, 1.82) is 0 Å². The highest BCUT2D eigenvalue weighted by molar-refractivity contribution is 6.53. The zero-order valence-corrected chi connectivity index (χ0v) is 13.0. The molecule has 0 radical (unpaired) electrons. The molecular weight excluding hydrogens is 313 g/mol. The minimum Gasteiger partial charge on any atom is -0.432 e. The zero-order chi connectivity index (χ0) is 15.3. The van der Waals surface area contributed by atoms with Crippen LogP contribution in [0.15, 0.2) is 18.3 Å². The van der Waals surface area contributed by atoms with Crippen molar-refractivity contribution in [3.63, 3.8) is 0 Å². The van der Waals surface area contributed by atoms with E-state index in [-0.39, 0.29) is 5.82 Å². The number of halogens is 3. The summed E-state index contributed by atoms with van der Waals surface area (Å²) in [7, 11) is 0.983. The average molecular weight is 325 g/mol.